The third-order valence-corrected chi connectivity index (χ3v) is 13.6. The standard InChI is InChI=1S/C34H58O2/c1-22(2)11-10-12-23(3)26-16-19-34(9)28-13-14-29-31(5,6)25(21-24(4)30(35)36)15-18-32(29,7)27(28)17-20-33(26,34)8/h21-23,25-29H,10-20H2,1-9H3,(H,35,36)/t23-,25?,26-,27?,28?,29?,32-,33-,34+/m1/s1. The Kier molecular flexibility index (Phi) is 7.64. The van der Waals surface area contributed by atoms with Crippen molar-refractivity contribution in [2.24, 2.45) is 63.1 Å². The highest BCUT2D eigenvalue weighted by atomic mass is 16.4. The fourth-order valence-electron chi connectivity index (χ4n) is 11.2. The van der Waals surface area contributed by atoms with Gasteiger partial charge < -0.3 is 5.11 Å². The monoisotopic (exact) mass is 498 g/mol. The van der Waals surface area contributed by atoms with Crippen LogP contribution in [0.15, 0.2) is 11.6 Å². The summed E-state index contributed by atoms with van der Waals surface area (Å²) in [5.74, 6) is 4.63. The van der Waals surface area contributed by atoms with Gasteiger partial charge in [-0.05, 0) is 121 Å². The van der Waals surface area contributed by atoms with Gasteiger partial charge in [0.2, 0.25) is 0 Å². The summed E-state index contributed by atoms with van der Waals surface area (Å²) in [6, 6.07) is 0. The van der Waals surface area contributed by atoms with Crippen LogP contribution < -0.4 is 0 Å². The Balaban J connectivity index is 1.55. The number of allylic oxidation sites excluding steroid dienone is 1. The van der Waals surface area contributed by atoms with Gasteiger partial charge in [-0.25, -0.2) is 4.79 Å². The van der Waals surface area contributed by atoms with Crippen LogP contribution in [0.5, 0.6) is 0 Å². The Morgan fingerprint density at radius 3 is 2.17 bits per heavy atom. The van der Waals surface area contributed by atoms with Crippen molar-refractivity contribution < 1.29 is 9.90 Å². The zero-order valence-corrected chi connectivity index (χ0v) is 25.3. The molecular formula is C34H58O2. The van der Waals surface area contributed by atoms with E-state index in [9.17, 15) is 9.90 Å². The van der Waals surface area contributed by atoms with E-state index in [1.807, 2.05) is 0 Å². The number of carboxylic acids is 1. The van der Waals surface area contributed by atoms with E-state index < -0.39 is 5.97 Å². The molecule has 4 unspecified atom stereocenters. The summed E-state index contributed by atoms with van der Waals surface area (Å²) in [5, 5.41) is 9.52. The number of aliphatic carboxylic acids is 1. The Hall–Kier alpha value is -0.790. The van der Waals surface area contributed by atoms with Crippen LogP contribution in [0.2, 0.25) is 0 Å². The molecule has 4 fully saturated rings. The lowest BCUT2D eigenvalue weighted by atomic mass is 9.37. The maximum absolute atomic E-state index is 11.6. The van der Waals surface area contributed by atoms with Gasteiger partial charge >= 0.3 is 5.97 Å². The quantitative estimate of drug-likeness (QED) is 0.355. The minimum atomic E-state index is -0.753. The Morgan fingerprint density at radius 2 is 1.53 bits per heavy atom. The molecule has 9 atom stereocenters. The third kappa shape index (κ3) is 4.33. The van der Waals surface area contributed by atoms with Gasteiger partial charge in [0.1, 0.15) is 0 Å². The average molecular weight is 499 g/mol. The number of rotatable bonds is 7. The Labute approximate surface area is 223 Å². The van der Waals surface area contributed by atoms with Crippen LogP contribution >= 0.6 is 0 Å². The van der Waals surface area contributed by atoms with Crippen molar-refractivity contribution in [3.8, 4) is 0 Å². The van der Waals surface area contributed by atoms with Crippen molar-refractivity contribution in [2.75, 3.05) is 0 Å². The van der Waals surface area contributed by atoms with Crippen molar-refractivity contribution in [2.45, 2.75) is 133 Å². The van der Waals surface area contributed by atoms with Crippen molar-refractivity contribution in [3.63, 3.8) is 0 Å². The first-order valence-electron chi connectivity index (χ1n) is 15.6. The molecule has 2 nitrogen and oxygen atoms in total. The molecule has 0 saturated heterocycles. The molecule has 2 heteroatoms. The van der Waals surface area contributed by atoms with E-state index in [-0.39, 0.29) is 5.41 Å². The SMILES string of the molecule is CC(=CC1CC[C@]2(C)C3CC[C@]4(C)[C@@H]([C@H](C)CCCC(C)C)CC[C@@]4(C)C3CCC2C1(C)C)C(=O)O. The maximum Gasteiger partial charge on any atom is 0.330 e. The van der Waals surface area contributed by atoms with Crippen molar-refractivity contribution in [1.29, 1.82) is 0 Å². The second-order valence-corrected chi connectivity index (χ2v) is 15.8. The van der Waals surface area contributed by atoms with E-state index in [1.54, 1.807) is 6.92 Å². The molecule has 4 aliphatic rings. The smallest absolute Gasteiger partial charge is 0.330 e. The van der Waals surface area contributed by atoms with Crippen LogP contribution in [-0.2, 0) is 4.79 Å². The van der Waals surface area contributed by atoms with E-state index in [2.05, 4.69) is 61.5 Å². The topological polar surface area (TPSA) is 37.3 Å². The van der Waals surface area contributed by atoms with Gasteiger partial charge in [-0.2, -0.15) is 0 Å². The molecule has 4 rings (SSSR count). The van der Waals surface area contributed by atoms with Crippen LogP contribution in [0.1, 0.15) is 133 Å². The molecule has 0 spiro atoms. The number of carbonyl (C=O) groups is 1. The van der Waals surface area contributed by atoms with E-state index in [0.717, 1.165) is 36.0 Å². The molecule has 206 valence electrons. The van der Waals surface area contributed by atoms with Crippen LogP contribution in [0, 0.1) is 63.1 Å². The second-order valence-electron chi connectivity index (χ2n) is 15.8. The second kappa shape index (κ2) is 9.75. The zero-order valence-electron chi connectivity index (χ0n) is 25.3. The summed E-state index contributed by atoms with van der Waals surface area (Å²) in [5.41, 5.74) is 2.09. The normalized spacial score (nSPS) is 45.1. The van der Waals surface area contributed by atoms with E-state index in [0.29, 0.717) is 33.7 Å². The first kappa shape index (κ1) is 28.2. The highest BCUT2D eigenvalue weighted by Crippen LogP contribution is 2.75. The number of carboxylic acid groups (broad SMARTS) is 1. The van der Waals surface area contributed by atoms with Gasteiger partial charge in [0.05, 0.1) is 0 Å². The number of hydrogen-bond acceptors (Lipinski definition) is 1. The third-order valence-electron chi connectivity index (χ3n) is 13.6. The summed E-state index contributed by atoms with van der Waals surface area (Å²) in [6.45, 7) is 22.1. The molecule has 4 aliphatic carbocycles. The van der Waals surface area contributed by atoms with Crippen LogP contribution in [0.25, 0.3) is 0 Å². The van der Waals surface area contributed by atoms with E-state index >= 15 is 0 Å². The van der Waals surface area contributed by atoms with Crippen molar-refractivity contribution in [1.82, 2.24) is 0 Å². The molecule has 1 N–H and O–H groups in total. The molecule has 0 amide bonds. The van der Waals surface area contributed by atoms with Gasteiger partial charge in [-0.3, -0.25) is 0 Å². The lowest BCUT2D eigenvalue weighted by Crippen LogP contribution is -2.60. The summed E-state index contributed by atoms with van der Waals surface area (Å²) < 4.78 is 0. The molecular weight excluding hydrogens is 440 g/mol. The summed E-state index contributed by atoms with van der Waals surface area (Å²) in [6.07, 6.45) is 17.2. The predicted molar refractivity (Wildman–Crippen MR) is 152 cm³/mol. The van der Waals surface area contributed by atoms with Gasteiger partial charge in [-0.15, -0.1) is 0 Å². The highest BCUT2D eigenvalue weighted by Gasteiger charge is 2.67. The number of fused-ring (bicyclic) bond motifs is 5. The van der Waals surface area contributed by atoms with Crippen molar-refractivity contribution >= 4 is 5.97 Å². The molecule has 0 heterocycles. The maximum atomic E-state index is 11.6. The van der Waals surface area contributed by atoms with Crippen LogP contribution in [0.4, 0.5) is 0 Å². The average Bonchev–Trinajstić information content (AvgIpc) is 3.06. The van der Waals surface area contributed by atoms with Crippen LogP contribution in [0.3, 0.4) is 0 Å². The molecule has 0 aromatic carbocycles. The highest BCUT2D eigenvalue weighted by molar-refractivity contribution is 5.85. The first-order valence-corrected chi connectivity index (χ1v) is 15.6. The predicted octanol–water partition coefficient (Wildman–Crippen LogP) is 9.78. The van der Waals surface area contributed by atoms with Crippen molar-refractivity contribution in [3.05, 3.63) is 11.6 Å². The lowest BCUT2D eigenvalue weighted by Gasteiger charge is -2.68. The minimum absolute atomic E-state index is 0.166. The summed E-state index contributed by atoms with van der Waals surface area (Å²) in [7, 11) is 0. The molecule has 36 heavy (non-hydrogen) atoms. The van der Waals surface area contributed by atoms with E-state index in [4.69, 9.17) is 0 Å². The minimum Gasteiger partial charge on any atom is -0.478 e. The molecule has 0 bridgehead atoms. The first-order chi connectivity index (χ1) is 16.7. The molecule has 0 aromatic heterocycles. The van der Waals surface area contributed by atoms with Gasteiger partial charge in [-0.1, -0.05) is 80.7 Å². The van der Waals surface area contributed by atoms with E-state index in [1.165, 1.54) is 64.2 Å². The lowest BCUT2D eigenvalue weighted by molar-refractivity contribution is -0.186. The molecule has 0 aliphatic heterocycles. The summed E-state index contributed by atoms with van der Waals surface area (Å²) >= 11 is 0. The largest absolute Gasteiger partial charge is 0.478 e. The molecule has 0 aromatic rings. The van der Waals surface area contributed by atoms with Gasteiger partial charge in [0.25, 0.3) is 0 Å². The van der Waals surface area contributed by atoms with Gasteiger partial charge in [0.15, 0.2) is 0 Å². The van der Waals surface area contributed by atoms with Crippen LogP contribution in [-0.4, -0.2) is 11.1 Å². The zero-order chi connectivity index (χ0) is 26.7. The molecule has 4 saturated carbocycles. The fourth-order valence-corrected chi connectivity index (χ4v) is 11.2. The molecule has 0 radical (unpaired) electrons. The fraction of sp³-hybridized carbons (Fsp3) is 0.912. The Bertz CT molecular complexity index is 853. The van der Waals surface area contributed by atoms with Gasteiger partial charge in [0, 0.05) is 5.57 Å². The summed E-state index contributed by atoms with van der Waals surface area (Å²) in [4.78, 5) is 11.6. The Morgan fingerprint density at radius 1 is 0.861 bits per heavy atom. The number of hydrogen-bond donors (Lipinski definition) is 1.